The molecule has 1 atom stereocenters. The summed E-state index contributed by atoms with van der Waals surface area (Å²) in [5, 5.41) is 5.75. The summed E-state index contributed by atoms with van der Waals surface area (Å²) < 4.78 is 5.18. The molecule has 0 spiro atoms. The molecule has 9 heteroatoms. The van der Waals surface area contributed by atoms with Gasteiger partial charge in [0.1, 0.15) is 6.04 Å². The number of nitrogens with zero attached hydrogens (tertiary/aromatic N) is 2. The third-order valence-electron chi connectivity index (χ3n) is 5.54. The summed E-state index contributed by atoms with van der Waals surface area (Å²) in [6.07, 6.45) is 1.87. The van der Waals surface area contributed by atoms with Gasteiger partial charge in [-0.25, -0.2) is 0 Å². The Morgan fingerprint density at radius 3 is 2.66 bits per heavy atom. The van der Waals surface area contributed by atoms with Gasteiger partial charge in [0.05, 0.1) is 19.6 Å². The molecule has 2 N–H and O–H groups in total. The van der Waals surface area contributed by atoms with Crippen LogP contribution in [-0.2, 0) is 19.1 Å². The molecule has 0 saturated carbocycles. The average molecular weight is 445 g/mol. The summed E-state index contributed by atoms with van der Waals surface area (Å²) in [5.74, 6) is -0.971. The van der Waals surface area contributed by atoms with E-state index < -0.39 is 12.0 Å². The van der Waals surface area contributed by atoms with Crippen LogP contribution in [0.1, 0.15) is 43.5 Å². The van der Waals surface area contributed by atoms with E-state index in [1.807, 2.05) is 18.7 Å². The number of esters is 1. The van der Waals surface area contributed by atoms with Gasteiger partial charge in [0.2, 0.25) is 11.8 Å². The predicted octanol–water partition coefficient (Wildman–Crippen LogP) is 1.25. The topological polar surface area (TPSA) is 108 Å². The van der Waals surface area contributed by atoms with Gasteiger partial charge in [0.25, 0.3) is 5.91 Å². The first-order chi connectivity index (χ1) is 15.3. The van der Waals surface area contributed by atoms with Gasteiger partial charge in [-0.3, -0.25) is 19.2 Å². The van der Waals surface area contributed by atoms with Crippen molar-refractivity contribution >= 4 is 29.4 Å². The standard InChI is InChI=1S/C23H32N4O5/c1-16(2)15-32-21(29)13-19-22(30)24-8-11-27(19)20(28)14-25-18-7-5-6-17(12-18)23(31)26-9-3-4-10-26/h5-7,12,16,19,25H,3-4,8-11,13-15H2,1-2H3,(H,24,30). The lowest BCUT2D eigenvalue weighted by atomic mass is 10.1. The number of nitrogens with one attached hydrogen (secondary N) is 2. The molecule has 2 aliphatic rings. The highest BCUT2D eigenvalue weighted by molar-refractivity contribution is 5.96. The zero-order chi connectivity index (χ0) is 23.1. The largest absolute Gasteiger partial charge is 0.465 e. The number of carbonyl (C=O) groups is 4. The Hall–Kier alpha value is -3.10. The minimum absolute atomic E-state index is 0.00912. The number of benzene rings is 1. The molecule has 2 fully saturated rings. The fourth-order valence-corrected chi connectivity index (χ4v) is 3.84. The summed E-state index contributed by atoms with van der Waals surface area (Å²) in [6.45, 7) is 6.27. The molecule has 32 heavy (non-hydrogen) atoms. The number of ether oxygens (including phenoxy) is 1. The number of anilines is 1. The molecule has 0 aliphatic carbocycles. The second-order valence-corrected chi connectivity index (χ2v) is 8.61. The molecule has 2 aliphatic heterocycles. The molecule has 9 nitrogen and oxygen atoms in total. The van der Waals surface area contributed by atoms with Gasteiger partial charge in [-0.2, -0.15) is 0 Å². The minimum Gasteiger partial charge on any atom is -0.465 e. The van der Waals surface area contributed by atoms with Crippen molar-refractivity contribution in [3.05, 3.63) is 29.8 Å². The first-order valence-corrected chi connectivity index (χ1v) is 11.2. The van der Waals surface area contributed by atoms with Gasteiger partial charge in [0, 0.05) is 37.4 Å². The molecule has 1 unspecified atom stereocenters. The second kappa shape index (κ2) is 11.0. The van der Waals surface area contributed by atoms with E-state index in [9.17, 15) is 19.2 Å². The Kier molecular flexibility index (Phi) is 8.08. The van der Waals surface area contributed by atoms with Crippen molar-refractivity contribution in [3.63, 3.8) is 0 Å². The number of hydrogen-bond acceptors (Lipinski definition) is 6. The lowest BCUT2D eigenvalue weighted by molar-refractivity contribution is -0.152. The number of amides is 3. The van der Waals surface area contributed by atoms with E-state index in [0.29, 0.717) is 24.3 Å². The lowest BCUT2D eigenvalue weighted by Crippen LogP contribution is -2.58. The van der Waals surface area contributed by atoms with Crippen LogP contribution in [0.5, 0.6) is 0 Å². The molecular weight excluding hydrogens is 412 g/mol. The fraction of sp³-hybridized carbons (Fsp3) is 0.565. The number of rotatable bonds is 8. The number of likely N-dealkylation sites (tertiary alicyclic amines) is 1. The van der Waals surface area contributed by atoms with E-state index in [1.165, 1.54) is 4.90 Å². The Balaban J connectivity index is 1.58. The highest BCUT2D eigenvalue weighted by atomic mass is 16.5. The molecule has 2 saturated heterocycles. The molecule has 1 aromatic carbocycles. The van der Waals surface area contributed by atoms with E-state index >= 15 is 0 Å². The zero-order valence-corrected chi connectivity index (χ0v) is 18.8. The quantitative estimate of drug-likeness (QED) is 0.585. The summed E-state index contributed by atoms with van der Waals surface area (Å²) in [7, 11) is 0. The average Bonchev–Trinajstić information content (AvgIpc) is 3.32. The van der Waals surface area contributed by atoms with Crippen molar-refractivity contribution in [2.24, 2.45) is 5.92 Å². The molecular formula is C23H32N4O5. The van der Waals surface area contributed by atoms with Gasteiger partial charge in [-0.15, -0.1) is 0 Å². The van der Waals surface area contributed by atoms with Crippen molar-refractivity contribution < 1.29 is 23.9 Å². The summed E-state index contributed by atoms with van der Waals surface area (Å²) in [5.41, 5.74) is 1.23. The maximum absolute atomic E-state index is 12.9. The highest BCUT2D eigenvalue weighted by Gasteiger charge is 2.35. The number of piperazine rings is 1. The third kappa shape index (κ3) is 6.21. The maximum atomic E-state index is 12.9. The molecule has 174 valence electrons. The van der Waals surface area contributed by atoms with Gasteiger partial charge >= 0.3 is 5.97 Å². The van der Waals surface area contributed by atoms with E-state index in [2.05, 4.69) is 10.6 Å². The van der Waals surface area contributed by atoms with Crippen LogP contribution in [0.2, 0.25) is 0 Å². The van der Waals surface area contributed by atoms with Crippen molar-refractivity contribution in [3.8, 4) is 0 Å². The summed E-state index contributed by atoms with van der Waals surface area (Å²) >= 11 is 0. The zero-order valence-electron chi connectivity index (χ0n) is 18.8. The van der Waals surface area contributed by atoms with Gasteiger partial charge in [-0.1, -0.05) is 19.9 Å². The van der Waals surface area contributed by atoms with Crippen LogP contribution < -0.4 is 10.6 Å². The molecule has 2 heterocycles. The highest BCUT2D eigenvalue weighted by Crippen LogP contribution is 2.17. The first-order valence-electron chi connectivity index (χ1n) is 11.2. The van der Waals surface area contributed by atoms with Crippen LogP contribution in [-0.4, -0.2) is 78.9 Å². The third-order valence-corrected chi connectivity index (χ3v) is 5.54. The Morgan fingerprint density at radius 2 is 1.94 bits per heavy atom. The minimum atomic E-state index is -0.888. The Morgan fingerprint density at radius 1 is 1.19 bits per heavy atom. The summed E-state index contributed by atoms with van der Waals surface area (Å²) in [6, 6.07) is 6.18. The lowest BCUT2D eigenvalue weighted by Gasteiger charge is -2.34. The van der Waals surface area contributed by atoms with Crippen LogP contribution in [0.4, 0.5) is 5.69 Å². The summed E-state index contributed by atoms with van der Waals surface area (Å²) in [4.78, 5) is 53.2. The van der Waals surface area contributed by atoms with E-state index in [-0.39, 0.29) is 43.2 Å². The number of carbonyl (C=O) groups excluding carboxylic acids is 4. The molecule has 1 aromatic rings. The van der Waals surface area contributed by atoms with Gasteiger partial charge in [0.15, 0.2) is 0 Å². The SMILES string of the molecule is CC(C)COC(=O)CC1C(=O)NCCN1C(=O)CNc1cccc(C(=O)N2CCCC2)c1. The molecule has 3 amide bonds. The fourth-order valence-electron chi connectivity index (χ4n) is 3.84. The smallest absolute Gasteiger partial charge is 0.308 e. The molecule has 3 rings (SSSR count). The van der Waals surface area contributed by atoms with Crippen molar-refractivity contribution in [2.75, 3.05) is 44.6 Å². The van der Waals surface area contributed by atoms with E-state index in [4.69, 9.17) is 4.74 Å². The van der Waals surface area contributed by atoms with Crippen molar-refractivity contribution in [1.82, 2.24) is 15.1 Å². The second-order valence-electron chi connectivity index (χ2n) is 8.61. The van der Waals surface area contributed by atoms with E-state index in [1.54, 1.807) is 24.3 Å². The van der Waals surface area contributed by atoms with Crippen LogP contribution in [0.15, 0.2) is 24.3 Å². The molecule has 0 radical (unpaired) electrons. The Bertz CT molecular complexity index is 851. The van der Waals surface area contributed by atoms with Crippen LogP contribution in [0, 0.1) is 5.92 Å². The van der Waals surface area contributed by atoms with Crippen LogP contribution >= 0.6 is 0 Å². The van der Waals surface area contributed by atoms with Crippen LogP contribution in [0.25, 0.3) is 0 Å². The van der Waals surface area contributed by atoms with Gasteiger partial charge in [-0.05, 0) is 37.0 Å². The van der Waals surface area contributed by atoms with E-state index in [0.717, 1.165) is 25.9 Å². The normalized spacial score (nSPS) is 18.5. The molecule has 0 aromatic heterocycles. The number of hydrogen-bond donors (Lipinski definition) is 2. The monoisotopic (exact) mass is 444 g/mol. The maximum Gasteiger partial charge on any atom is 0.308 e. The predicted molar refractivity (Wildman–Crippen MR) is 119 cm³/mol. The van der Waals surface area contributed by atoms with Crippen molar-refractivity contribution in [2.45, 2.75) is 39.2 Å². The van der Waals surface area contributed by atoms with Crippen LogP contribution in [0.3, 0.4) is 0 Å². The van der Waals surface area contributed by atoms with Crippen molar-refractivity contribution in [1.29, 1.82) is 0 Å². The van der Waals surface area contributed by atoms with Gasteiger partial charge < -0.3 is 25.2 Å². The first kappa shape index (κ1) is 23.6. The Labute approximate surface area is 188 Å². The molecule has 0 bridgehead atoms.